The Bertz CT molecular complexity index is 181. The molecule has 1 nitrogen and oxygen atoms in total. The summed E-state index contributed by atoms with van der Waals surface area (Å²) in [5.74, 6) is 0. The summed E-state index contributed by atoms with van der Waals surface area (Å²) in [6.07, 6.45) is 1.03. The molecule has 1 rings (SSSR count). The minimum Gasteiger partial charge on any atom is -0.449 e. The summed E-state index contributed by atoms with van der Waals surface area (Å²) in [6, 6.07) is 8.76. The molecule has 2 N–H and O–H groups in total. The number of hydrogen-bond acceptors (Lipinski definition) is 1. The molecule has 0 bridgehead atoms. The van der Waals surface area contributed by atoms with Gasteiger partial charge in [-0.1, -0.05) is 19.0 Å². The summed E-state index contributed by atoms with van der Waals surface area (Å²) in [5, 5.41) is 0. The van der Waals surface area contributed by atoms with Crippen molar-refractivity contribution in [3.63, 3.8) is 0 Å². The number of nitrogens with two attached hydrogens (primary N) is 1. The van der Waals surface area contributed by atoms with Crippen LogP contribution in [0, 0.1) is 6.07 Å². The second-order valence-electron chi connectivity index (χ2n) is 2.00. The van der Waals surface area contributed by atoms with Crippen LogP contribution >= 0.6 is 0 Å². The Balaban J connectivity index is 0.000000810. The van der Waals surface area contributed by atoms with Gasteiger partial charge in [0, 0.05) is 32.7 Å². The molecular weight excluding hydrogens is 199 g/mol. The Labute approximate surface area is 86.9 Å². The zero-order valence-electron chi connectivity index (χ0n) is 6.09. The Kier molecular flexibility index (Phi) is 4.93. The number of nitrogen functional groups attached to an aromatic ring is 1. The fraction of sp³-hybridized carbons (Fsp3) is 0.250. The topological polar surface area (TPSA) is 26.0 Å². The quantitative estimate of drug-likeness (QED) is 0.552. The van der Waals surface area contributed by atoms with E-state index >= 15 is 0 Å². The third kappa shape index (κ3) is 2.80. The first kappa shape index (κ1) is 10.1. The van der Waals surface area contributed by atoms with Crippen molar-refractivity contribution in [3.8, 4) is 0 Å². The van der Waals surface area contributed by atoms with Crippen molar-refractivity contribution in [1.29, 1.82) is 0 Å². The molecule has 0 saturated heterocycles. The molecule has 0 aliphatic carbocycles. The molecule has 0 aliphatic rings. The monoisotopic (exact) mass is 209 g/mol. The van der Waals surface area contributed by atoms with Crippen LogP contribution in [-0.4, -0.2) is 0 Å². The van der Waals surface area contributed by atoms with E-state index in [2.05, 4.69) is 13.0 Å². The predicted molar refractivity (Wildman–Crippen MR) is 39.1 cm³/mol. The Hall–Kier alpha value is 0.124. The van der Waals surface area contributed by atoms with Gasteiger partial charge in [-0.15, -0.1) is 0 Å². The molecule has 51 valence electrons. The average Bonchev–Trinajstić information content (AvgIpc) is 1.90. The maximum atomic E-state index is 5.45. The first-order valence-corrected chi connectivity index (χ1v) is 3.09. The number of aryl methyl sites for hydroxylation is 1. The van der Waals surface area contributed by atoms with Crippen molar-refractivity contribution >= 4 is 5.69 Å². The average molecular weight is 209 g/mol. The van der Waals surface area contributed by atoms with Gasteiger partial charge in [-0.25, -0.2) is 0 Å². The second-order valence-corrected chi connectivity index (χ2v) is 2.00. The minimum atomic E-state index is 0. The van der Waals surface area contributed by atoms with Gasteiger partial charge in [0.2, 0.25) is 0 Å². The van der Waals surface area contributed by atoms with Gasteiger partial charge in [-0.2, -0.15) is 29.8 Å². The van der Waals surface area contributed by atoms with E-state index in [1.807, 2.05) is 12.1 Å². The fourth-order valence-corrected chi connectivity index (χ4v) is 0.689. The van der Waals surface area contributed by atoms with Crippen molar-refractivity contribution in [1.82, 2.24) is 0 Å². The SMILES string of the molecule is CCc1[c-]cc(N)cc1.[Y]. The molecule has 0 fully saturated rings. The third-order valence-electron chi connectivity index (χ3n) is 1.28. The molecule has 1 aromatic carbocycles. The van der Waals surface area contributed by atoms with Crippen LogP contribution in [0.25, 0.3) is 0 Å². The Morgan fingerprint density at radius 2 is 2.20 bits per heavy atom. The van der Waals surface area contributed by atoms with Crippen molar-refractivity contribution in [3.05, 3.63) is 29.8 Å². The van der Waals surface area contributed by atoms with E-state index in [0.29, 0.717) is 0 Å². The van der Waals surface area contributed by atoms with Crippen LogP contribution in [0.1, 0.15) is 12.5 Å². The van der Waals surface area contributed by atoms with Crippen LogP contribution < -0.4 is 5.73 Å². The number of hydrogen-bond donors (Lipinski definition) is 1. The van der Waals surface area contributed by atoms with Gasteiger partial charge in [0.15, 0.2) is 0 Å². The van der Waals surface area contributed by atoms with Crippen molar-refractivity contribution < 1.29 is 32.7 Å². The molecule has 0 aliphatic heterocycles. The molecule has 0 aromatic heterocycles. The van der Waals surface area contributed by atoms with E-state index in [0.717, 1.165) is 12.1 Å². The van der Waals surface area contributed by atoms with Crippen molar-refractivity contribution in [2.24, 2.45) is 0 Å². The standard InChI is InChI=1S/C8H10N.Y/c1-2-7-3-5-8(9)6-4-7;/h3,5-6H,2,9H2,1H3;/q-1;. The second kappa shape index (κ2) is 4.87. The largest absolute Gasteiger partial charge is 0.449 e. The van der Waals surface area contributed by atoms with Gasteiger partial charge < -0.3 is 5.73 Å². The summed E-state index contributed by atoms with van der Waals surface area (Å²) < 4.78 is 0. The van der Waals surface area contributed by atoms with Gasteiger partial charge in [-0.3, -0.25) is 0 Å². The Morgan fingerprint density at radius 1 is 1.50 bits per heavy atom. The molecule has 0 atom stereocenters. The zero-order chi connectivity index (χ0) is 6.69. The number of anilines is 1. The molecule has 0 amide bonds. The molecule has 0 unspecified atom stereocenters. The fourth-order valence-electron chi connectivity index (χ4n) is 0.689. The molecule has 0 saturated carbocycles. The number of rotatable bonds is 1. The van der Waals surface area contributed by atoms with E-state index in [-0.39, 0.29) is 32.7 Å². The van der Waals surface area contributed by atoms with Gasteiger partial charge in [0.1, 0.15) is 0 Å². The summed E-state index contributed by atoms with van der Waals surface area (Å²) in [6.45, 7) is 2.10. The molecule has 2 heteroatoms. The smallest absolute Gasteiger partial charge is 0 e. The van der Waals surface area contributed by atoms with Crippen molar-refractivity contribution in [2.75, 3.05) is 5.73 Å². The molecule has 0 heterocycles. The molecule has 10 heavy (non-hydrogen) atoms. The third-order valence-corrected chi connectivity index (χ3v) is 1.28. The Morgan fingerprint density at radius 3 is 2.60 bits per heavy atom. The van der Waals surface area contributed by atoms with E-state index in [1.165, 1.54) is 5.56 Å². The first-order valence-electron chi connectivity index (χ1n) is 3.09. The van der Waals surface area contributed by atoms with Crippen LogP contribution in [0.5, 0.6) is 0 Å². The zero-order valence-corrected chi connectivity index (χ0v) is 8.93. The maximum Gasteiger partial charge on any atom is 0 e. The summed E-state index contributed by atoms with van der Waals surface area (Å²) in [4.78, 5) is 0. The normalized spacial score (nSPS) is 8.50. The van der Waals surface area contributed by atoms with Gasteiger partial charge >= 0.3 is 0 Å². The van der Waals surface area contributed by atoms with Gasteiger partial charge in [-0.05, 0) is 0 Å². The molecule has 1 aromatic rings. The van der Waals surface area contributed by atoms with E-state index < -0.39 is 0 Å². The minimum absolute atomic E-state index is 0. The van der Waals surface area contributed by atoms with E-state index in [1.54, 1.807) is 6.07 Å². The molecule has 0 spiro atoms. The predicted octanol–water partition coefficient (Wildman–Crippen LogP) is 1.63. The summed E-state index contributed by atoms with van der Waals surface area (Å²) >= 11 is 0. The van der Waals surface area contributed by atoms with Crippen LogP contribution in [-0.2, 0) is 39.1 Å². The number of benzene rings is 1. The van der Waals surface area contributed by atoms with Gasteiger partial charge in [0.25, 0.3) is 0 Å². The first-order chi connectivity index (χ1) is 4.33. The van der Waals surface area contributed by atoms with Crippen LogP contribution in [0.4, 0.5) is 5.69 Å². The van der Waals surface area contributed by atoms with Crippen LogP contribution in [0.3, 0.4) is 0 Å². The van der Waals surface area contributed by atoms with Crippen LogP contribution in [0.15, 0.2) is 18.2 Å². The summed E-state index contributed by atoms with van der Waals surface area (Å²) in [5.41, 5.74) is 7.45. The van der Waals surface area contributed by atoms with E-state index in [4.69, 9.17) is 5.73 Å². The molecular formula is C8H10NY-. The van der Waals surface area contributed by atoms with Crippen molar-refractivity contribution in [2.45, 2.75) is 13.3 Å². The van der Waals surface area contributed by atoms with Gasteiger partial charge in [0.05, 0.1) is 0 Å². The van der Waals surface area contributed by atoms with E-state index in [9.17, 15) is 0 Å². The van der Waals surface area contributed by atoms with Crippen LogP contribution in [0.2, 0.25) is 0 Å². The maximum absolute atomic E-state index is 5.45. The molecule has 1 radical (unpaired) electrons. The summed E-state index contributed by atoms with van der Waals surface area (Å²) in [7, 11) is 0.